The van der Waals surface area contributed by atoms with E-state index in [1.807, 2.05) is 12.1 Å². The zero-order valence-electron chi connectivity index (χ0n) is 17.8. The van der Waals surface area contributed by atoms with Crippen molar-refractivity contribution in [1.82, 2.24) is 0 Å². The van der Waals surface area contributed by atoms with E-state index < -0.39 is 15.4 Å². The van der Waals surface area contributed by atoms with Gasteiger partial charge in [-0.05, 0) is 33.0 Å². The fourth-order valence-corrected chi connectivity index (χ4v) is 8.43. The summed E-state index contributed by atoms with van der Waals surface area (Å²) in [6.45, 7) is 7.53. The van der Waals surface area contributed by atoms with Gasteiger partial charge in [0.2, 0.25) is 0 Å². The van der Waals surface area contributed by atoms with Crippen LogP contribution in [-0.4, -0.2) is 38.7 Å². The number of rotatable bonds is 8. The molecule has 0 atom stereocenters. The molecule has 3 aromatic rings. The van der Waals surface area contributed by atoms with Gasteiger partial charge in [0.25, 0.3) is 8.32 Å². The van der Waals surface area contributed by atoms with Crippen LogP contribution in [0.1, 0.15) is 20.8 Å². The summed E-state index contributed by atoms with van der Waals surface area (Å²) < 4.78 is 12.6. The third-order valence-corrected chi connectivity index (χ3v) is 10.3. The largest absolute Gasteiger partial charge is 0.491 e. The summed E-state index contributed by atoms with van der Waals surface area (Å²) in [6.07, 6.45) is 0. The molecule has 2 N–H and O–H groups in total. The molecule has 0 unspecified atom stereocenters. The van der Waals surface area contributed by atoms with Crippen LogP contribution in [0.2, 0.25) is 5.04 Å². The molecule has 3 aromatic carbocycles. The summed E-state index contributed by atoms with van der Waals surface area (Å²) in [7, 11) is -4.09. The lowest BCUT2D eigenvalue weighted by Crippen LogP contribution is -2.66. The average Bonchev–Trinajstić information content (AvgIpc) is 2.74. The van der Waals surface area contributed by atoms with Gasteiger partial charge in [-0.25, -0.2) is 0 Å². The van der Waals surface area contributed by atoms with Gasteiger partial charge in [-0.3, -0.25) is 0 Å². The van der Waals surface area contributed by atoms with Crippen LogP contribution in [0.4, 0.5) is 0 Å². The number of ether oxygens (including phenoxy) is 1. The second-order valence-corrected chi connectivity index (χ2v) is 12.6. The first kappa shape index (κ1) is 22.3. The Labute approximate surface area is 180 Å². The van der Waals surface area contributed by atoms with Gasteiger partial charge >= 0.3 is 7.12 Å². The summed E-state index contributed by atoms with van der Waals surface area (Å²) >= 11 is 0. The average molecular weight is 420 g/mol. The van der Waals surface area contributed by atoms with Crippen LogP contribution in [0.5, 0.6) is 5.75 Å². The quantitative estimate of drug-likeness (QED) is 0.434. The first-order valence-electron chi connectivity index (χ1n) is 10.2. The lowest BCUT2D eigenvalue weighted by Gasteiger charge is -2.43. The lowest BCUT2D eigenvalue weighted by molar-refractivity contribution is 0.208. The molecular formula is C24H29BO4Si. The van der Waals surface area contributed by atoms with Crippen molar-refractivity contribution in [3.05, 3.63) is 84.9 Å². The predicted molar refractivity (Wildman–Crippen MR) is 125 cm³/mol. The van der Waals surface area contributed by atoms with Crippen LogP contribution in [0, 0.1) is 0 Å². The maximum absolute atomic E-state index is 9.35. The molecule has 0 aliphatic carbocycles. The Bertz CT molecular complexity index is 887. The van der Waals surface area contributed by atoms with Gasteiger partial charge < -0.3 is 19.2 Å². The van der Waals surface area contributed by atoms with Crippen molar-refractivity contribution in [2.75, 3.05) is 13.2 Å². The van der Waals surface area contributed by atoms with Crippen LogP contribution in [0.25, 0.3) is 0 Å². The van der Waals surface area contributed by atoms with E-state index >= 15 is 0 Å². The van der Waals surface area contributed by atoms with Gasteiger partial charge in [0, 0.05) is 0 Å². The van der Waals surface area contributed by atoms with E-state index in [1.54, 1.807) is 24.3 Å². The van der Waals surface area contributed by atoms with E-state index in [1.165, 1.54) is 10.4 Å². The van der Waals surface area contributed by atoms with E-state index in [9.17, 15) is 10.0 Å². The van der Waals surface area contributed by atoms with Crippen molar-refractivity contribution in [2.24, 2.45) is 0 Å². The lowest BCUT2D eigenvalue weighted by atomic mass is 9.80. The molecule has 0 saturated carbocycles. The fraction of sp³-hybridized carbons (Fsp3) is 0.250. The second kappa shape index (κ2) is 9.62. The van der Waals surface area contributed by atoms with Crippen LogP contribution in [0.15, 0.2) is 84.9 Å². The second-order valence-electron chi connectivity index (χ2n) is 8.31. The van der Waals surface area contributed by atoms with E-state index in [2.05, 4.69) is 69.3 Å². The molecule has 0 amide bonds. The summed E-state index contributed by atoms with van der Waals surface area (Å²) in [5.41, 5.74) is 0.403. The highest BCUT2D eigenvalue weighted by Gasteiger charge is 2.50. The Morgan fingerprint density at radius 1 is 0.767 bits per heavy atom. The molecule has 156 valence electrons. The highest BCUT2D eigenvalue weighted by atomic mass is 28.4. The van der Waals surface area contributed by atoms with E-state index in [0.717, 1.165) is 0 Å². The molecule has 6 heteroatoms. The zero-order valence-corrected chi connectivity index (χ0v) is 18.8. The molecule has 0 spiro atoms. The molecule has 0 heterocycles. The smallest absolute Gasteiger partial charge is 0.488 e. The van der Waals surface area contributed by atoms with Crippen LogP contribution < -0.4 is 20.6 Å². The molecule has 30 heavy (non-hydrogen) atoms. The molecular weight excluding hydrogens is 391 g/mol. The van der Waals surface area contributed by atoms with Gasteiger partial charge in [0.15, 0.2) is 0 Å². The monoisotopic (exact) mass is 420 g/mol. The highest BCUT2D eigenvalue weighted by molar-refractivity contribution is 6.99. The minimum Gasteiger partial charge on any atom is -0.491 e. The zero-order chi connectivity index (χ0) is 21.6. The molecule has 0 aromatic heterocycles. The van der Waals surface area contributed by atoms with Crippen LogP contribution in [0.3, 0.4) is 0 Å². The van der Waals surface area contributed by atoms with Crippen molar-refractivity contribution in [2.45, 2.75) is 25.8 Å². The third kappa shape index (κ3) is 4.84. The fourth-order valence-electron chi connectivity index (χ4n) is 3.88. The Morgan fingerprint density at radius 2 is 1.33 bits per heavy atom. The Morgan fingerprint density at radius 3 is 1.83 bits per heavy atom. The molecule has 0 bridgehead atoms. The summed E-state index contributed by atoms with van der Waals surface area (Å²) in [4.78, 5) is 0. The summed E-state index contributed by atoms with van der Waals surface area (Å²) in [6, 6.07) is 27.8. The van der Waals surface area contributed by atoms with Gasteiger partial charge in [-0.1, -0.05) is 93.6 Å². The topological polar surface area (TPSA) is 58.9 Å². The Hall–Kier alpha value is -2.38. The predicted octanol–water partition coefficient (Wildman–Crippen LogP) is 2.32. The minimum absolute atomic E-state index is 0.0867. The number of hydrogen-bond donors (Lipinski definition) is 2. The molecule has 0 saturated heterocycles. The van der Waals surface area contributed by atoms with Gasteiger partial charge in [-0.15, -0.1) is 0 Å². The van der Waals surface area contributed by atoms with Crippen molar-refractivity contribution < 1.29 is 19.2 Å². The summed E-state index contributed by atoms with van der Waals surface area (Å²) in [5, 5.41) is 21.1. The molecule has 0 aliphatic heterocycles. The summed E-state index contributed by atoms with van der Waals surface area (Å²) in [5.74, 6) is 0.589. The standard InChI is InChI=1S/C24H29BO4Si/c1-24(2,3)30(22-13-6-4-7-14-22,23-15-8-5-9-16-23)29-18-17-28-21-12-10-11-20(19-21)25(26)27/h4-16,19,26-27H,17-18H2,1-3H3. The van der Waals surface area contributed by atoms with Crippen molar-refractivity contribution in [3.63, 3.8) is 0 Å². The SMILES string of the molecule is CC(C)(C)[Si](OCCOc1cccc(B(O)O)c1)(c1ccccc1)c1ccccc1. The molecule has 3 rings (SSSR count). The van der Waals surface area contributed by atoms with Gasteiger partial charge in [0.1, 0.15) is 12.4 Å². The molecule has 0 radical (unpaired) electrons. The van der Waals surface area contributed by atoms with E-state index in [-0.39, 0.29) is 5.04 Å². The van der Waals surface area contributed by atoms with Crippen molar-refractivity contribution >= 4 is 31.3 Å². The molecule has 4 nitrogen and oxygen atoms in total. The maximum Gasteiger partial charge on any atom is 0.488 e. The third-order valence-electron chi connectivity index (χ3n) is 5.24. The van der Waals surface area contributed by atoms with Crippen LogP contribution in [-0.2, 0) is 4.43 Å². The minimum atomic E-state index is -2.58. The molecule has 0 aliphatic rings. The number of hydrogen-bond acceptors (Lipinski definition) is 4. The van der Waals surface area contributed by atoms with Gasteiger partial charge in [-0.2, -0.15) is 0 Å². The normalized spacial score (nSPS) is 11.9. The van der Waals surface area contributed by atoms with E-state index in [4.69, 9.17) is 9.16 Å². The molecule has 0 fully saturated rings. The maximum atomic E-state index is 9.35. The van der Waals surface area contributed by atoms with E-state index in [0.29, 0.717) is 24.4 Å². The first-order chi connectivity index (χ1) is 14.3. The van der Waals surface area contributed by atoms with Gasteiger partial charge in [0.05, 0.1) is 6.61 Å². The highest BCUT2D eigenvalue weighted by Crippen LogP contribution is 2.36. The Kier molecular flexibility index (Phi) is 7.15. The van der Waals surface area contributed by atoms with Crippen LogP contribution >= 0.6 is 0 Å². The van der Waals surface area contributed by atoms with Crippen molar-refractivity contribution in [3.8, 4) is 5.75 Å². The first-order valence-corrected chi connectivity index (χ1v) is 12.1. The Balaban J connectivity index is 1.84. The number of benzene rings is 3. The van der Waals surface area contributed by atoms with Crippen molar-refractivity contribution in [1.29, 1.82) is 0 Å².